The number of anilines is 1. The molecule has 1 atom stereocenters. The molecule has 0 aliphatic rings. The highest BCUT2D eigenvalue weighted by atomic mass is 32.1. The zero-order chi connectivity index (χ0) is 12.0. The van der Waals surface area contributed by atoms with E-state index in [9.17, 15) is 0 Å². The molecule has 0 aliphatic heterocycles. The molecule has 3 N–H and O–H groups in total. The molecule has 92 valence electrons. The normalized spacial score (nSPS) is 13.1. The molecule has 0 bridgehead atoms. The molecule has 0 saturated heterocycles. The summed E-state index contributed by atoms with van der Waals surface area (Å²) in [5, 5.41) is 4.14. The number of nitrogens with zero attached hydrogens (tertiary/aromatic N) is 2. The van der Waals surface area contributed by atoms with Gasteiger partial charge in [0.2, 0.25) is 5.13 Å². The summed E-state index contributed by atoms with van der Waals surface area (Å²) in [5.74, 6) is 1.25. The minimum Gasteiger partial charge on any atom is -0.383 e. The predicted octanol–water partition coefficient (Wildman–Crippen LogP) is 1.44. The molecular weight excluding hydrogens is 224 g/mol. The molecule has 0 radical (unpaired) electrons. The van der Waals surface area contributed by atoms with E-state index in [0.29, 0.717) is 19.1 Å². The van der Waals surface area contributed by atoms with Gasteiger partial charge in [0.25, 0.3) is 0 Å². The molecule has 1 unspecified atom stereocenters. The summed E-state index contributed by atoms with van der Waals surface area (Å²) in [5.41, 5.74) is 5.54. The van der Waals surface area contributed by atoms with Crippen molar-refractivity contribution in [2.24, 2.45) is 5.73 Å². The van der Waals surface area contributed by atoms with Gasteiger partial charge >= 0.3 is 0 Å². The Hall–Kier alpha value is -0.720. The van der Waals surface area contributed by atoms with E-state index in [1.54, 1.807) is 7.11 Å². The second-order valence-electron chi connectivity index (χ2n) is 3.99. The maximum Gasteiger partial charge on any atom is 0.202 e. The van der Waals surface area contributed by atoms with Crippen LogP contribution in [0.1, 0.15) is 32.0 Å². The van der Waals surface area contributed by atoms with Crippen LogP contribution in [-0.4, -0.2) is 35.7 Å². The Balaban J connectivity index is 2.55. The van der Waals surface area contributed by atoms with Gasteiger partial charge in [0, 0.05) is 24.6 Å². The number of nitrogens with two attached hydrogens (primary N) is 1. The second-order valence-corrected chi connectivity index (χ2v) is 4.74. The molecule has 1 aromatic rings. The van der Waals surface area contributed by atoms with Gasteiger partial charge in [0.05, 0.1) is 12.6 Å². The third kappa shape index (κ3) is 4.03. The zero-order valence-electron chi connectivity index (χ0n) is 10.1. The summed E-state index contributed by atoms with van der Waals surface area (Å²) >= 11 is 1.39. The fourth-order valence-electron chi connectivity index (χ4n) is 1.30. The molecule has 5 nitrogen and oxygen atoms in total. The fourth-order valence-corrected chi connectivity index (χ4v) is 2.09. The smallest absolute Gasteiger partial charge is 0.202 e. The van der Waals surface area contributed by atoms with Gasteiger partial charge in [-0.3, -0.25) is 0 Å². The summed E-state index contributed by atoms with van der Waals surface area (Å²) in [4.78, 5) is 4.41. The summed E-state index contributed by atoms with van der Waals surface area (Å²) in [6.07, 6.45) is 0.866. The summed E-state index contributed by atoms with van der Waals surface area (Å²) in [6, 6.07) is 0.211. The van der Waals surface area contributed by atoms with Crippen LogP contribution in [0.5, 0.6) is 0 Å². The molecule has 0 spiro atoms. The van der Waals surface area contributed by atoms with Crippen molar-refractivity contribution in [3.63, 3.8) is 0 Å². The lowest BCUT2D eigenvalue weighted by molar-refractivity contribution is 0.183. The number of ether oxygens (including phenoxy) is 1. The van der Waals surface area contributed by atoms with E-state index in [-0.39, 0.29) is 6.04 Å². The van der Waals surface area contributed by atoms with E-state index < -0.39 is 0 Å². The van der Waals surface area contributed by atoms with Crippen molar-refractivity contribution in [2.75, 3.05) is 25.6 Å². The van der Waals surface area contributed by atoms with Gasteiger partial charge in [0.1, 0.15) is 5.82 Å². The lowest BCUT2D eigenvalue weighted by Gasteiger charge is -2.15. The van der Waals surface area contributed by atoms with E-state index in [2.05, 4.69) is 28.5 Å². The standard InChI is InChI=1S/C10H20N4OS/c1-7(2)9-13-10(16-14-9)12-8(4-5-11)6-15-3/h7-8H,4-6,11H2,1-3H3,(H,12,13,14). The Labute approximate surface area is 101 Å². The van der Waals surface area contributed by atoms with Crippen LogP contribution < -0.4 is 11.1 Å². The maximum absolute atomic E-state index is 5.54. The highest BCUT2D eigenvalue weighted by Crippen LogP contribution is 2.18. The third-order valence-electron chi connectivity index (χ3n) is 2.17. The molecule has 0 amide bonds. The highest BCUT2D eigenvalue weighted by molar-refractivity contribution is 7.09. The summed E-state index contributed by atoms with van der Waals surface area (Å²) < 4.78 is 9.41. The zero-order valence-corrected chi connectivity index (χ0v) is 10.9. The van der Waals surface area contributed by atoms with Crippen molar-refractivity contribution in [1.82, 2.24) is 9.36 Å². The van der Waals surface area contributed by atoms with Gasteiger partial charge in [-0.2, -0.15) is 4.37 Å². The molecule has 0 fully saturated rings. The largest absolute Gasteiger partial charge is 0.383 e. The molecule has 1 aromatic heterocycles. The van der Waals surface area contributed by atoms with Gasteiger partial charge in [-0.25, -0.2) is 4.98 Å². The van der Waals surface area contributed by atoms with E-state index in [1.165, 1.54) is 11.5 Å². The third-order valence-corrected chi connectivity index (χ3v) is 2.83. The van der Waals surface area contributed by atoms with Crippen molar-refractivity contribution in [2.45, 2.75) is 32.2 Å². The molecule has 1 rings (SSSR count). The number of hydrogen-bond acceptors (Lipinski definition) is 6. The molecule has 1 heterocycles. The molecule has 16 heavy (non-hydrogen) atoms. The molecule has 0 aliphatic carbocycles. The monoisotopic (exact) mass is 244 g/mol. The lowest BCUT2D eigenvalue weighted by Crippen LogP contribution is -2.27. The van der Waals surface area contributed by atoms with Gasteiger partial charge in [0.15, 0.2) is 0 Å². The fraction of sp³-hybridized carbons (Fsp3) is 0.800. The summed E-state index contributed by atoms with van der Waals surface area (Å²) in [7, 11) is 1.69. The Morgan fingerprint density at radius 3 is 2.75 bits per heavy atom. The van der Waals surface area contributed by atoms with E-state index in [0.717, 1.165) is 17.4 Å². The maximum atomic E-state index is 5.54. The average Bonchev–Trinajstić information content (AvgIpc) is 2.67. The Kier molecular flexibility index (Phi) is 5.65. The van der Waals surface area contributed by atoms with Crippen molar-refractivity contribution in [3.8, 4) is 0 Å². The second kappa shape index (κ2) is 6.78. The quantitative estimate of drug-likeness (QED) is 0.759. The number of nitrogens with one attached hydrogen (secondary N) is 1. The van der Waals surface area contributed by atoms with Gasteiger partial charge in [-0.15, -0.1) is 0 Å². The first kappa shape index (κ1) is 13.3. The number of hydrogen-bond donors (Lipinski definition) is 2. The van der Waals surface area contributed by atoms with Crippen LogP contribution in [0.15, 0.2) is 0 Å². The van der Waals surface area contributed by atoms with Crippen LogP contribution in [0.2, 0.25) is 0 Å². The number of methoxy groups -OCH3 is 1. The highest BCUT2D eigenvalue weighted by Gasteiger charge is 2.12. The van der Waals surface area contributed by atoms with Crippen LogP contribution in [0, 0.1) is 0 Å². The van der Waals surface area contributed by atoms with Crippen LogP contribution in [-0.2, 0) is 4.74 Å². The molecule has 0 saturated carbocycles. The topological polar surface area (TPSA) is 73.1 Å². The minimum atomic E-state index is 0.211. The average molecular weight is 244 g/mol. The van der Waals surface area contributed by atoms with Crippen molar-refractivity contribution in [3.05, 3.63) is 5.82 Å². The molecule has 6 heteroatoms. The first-order valence-corrected chi connectivity index (χ1v) is 6.23. The van der Waals surface area contributed by atoms with Gasteiger partial charge in [-0.1, -0.05) is 13.8 Å². The molecule has 0 aromatic carbocycles. The first-order chi connectivity index (χ1) is 7.67. The summed E-state index contributed by atoms with van der Waals surface area (Å²) in [6.45, 7) is 5.43. The Morgan fingerprint density at radius 1 is 1.50 bits per heavy atom. The SMILES string of the molecule is COCC(CCN)Nc1nc(C(C)C)ns1. The van der Waals surface area contributed by atoms with Crippen LogP contribution >= 0.6 is 11.5 Å². The van der Waals surface area contributed by atoms with Crippen LogP contribution in [0.3, 0.4) is 0 Å². The van der Waals surface area contributed by atoms with Crippen molar-refractivity contribution >= 4 is 16.7 Å². The predicted molar refractivity (Wildman–Crippen MR) is 67.0 cm³/mol. The van der Waals surface area contributed by atoms with Gasteiger partial charge in [-0.05, 0) is 13.0 Å². The van der Waals surface area contributed by atoms with Crippen LogP contribution in [0.4, 0.5) is 5.13 Å². The Morgan fingerprint density at radius 2 is 2.25 bits per heavy atom. The van der Waals surface area contributed by atoms with Gasteiger partial charge < -0.3 is 15.8 Å². The van der Waals surface area contributed by atoms with E-state index >= 15 is 0 Å². The van der Waals surface area contributed by atoms with Crippen molar-refractivity contribution in [1.29, 1.82) is 0 Å². The number of aromatic nitrogens is 2. The lowest BCUT2D eigenvalue weighted by atomic mass is 10.2. The Bertz CT molecular complexity index is 297. The number of rotatable bonds is 7. The first-order valence-electron chi connectivity index (χ1n) is 5.46. The van der Waals surface area contributed by atoms with E-state index in [4.69, 9.17) is 10.5 Å². The van der Waals surface area contributed by atoms with E-state index in [1.807, 2.05) is 0 Å². The van der Waals surface area contributed by atoms with Crippen LogP contribution in [0.25, 0.3) is 0 Å². The van der Waals surface area contributed by atoms with Crippen molar-refractivity contribution < 1.29 is 4.74 Å². The molecular formula is C10H20N4OS. The minimum absolute atomic E-state index is 0.211.